The van der Waals surface area contributed by atoms with Crippen LogP contribution in [0.4, 0.5) is 5.69 Å². The summed E-state index contributed by atoms with van der Waals surface area (Å²) in [6, 6.07) is 6.06. The number of hydrogen-bond acceptors (Lipinski definition) is 2. The van der Waals surface area contributed by atoms with Crippen LogP contribution in [0, 0.1) is 10.5 Å². The number of unbranched alkanes of at least 4 members (excludes halogenated alkanes) is 1. The number of likely N-dealkylation sites (N-methyl/N-ethyl adjacent to an activating group) is 1. The summed E-state index contributed by atoms with van der Waals surface area (Å²) in [5.74, 6) is 0.0715. The van der Waals surface area contributed by atoms with Crippen LogP contribution in [0.2, 0.25) is 0 Å². The molecule has 19 heavy (non-hydrogen) atoms. The number of aryl methyl sites for hydroxylation is 1. The van der Waals surface area contributed by atoms with E-state index >= 15 is 0 Å². The van der Waals surface area contributed by atoms with E-state index in [4.69, 9.17) is 0 Å². The van der Waals surface area contributed by atoms with Gasteiger partial charge in [0, 0.05) is 9.26 Å². The van der Waals surface area contributed by atoms with Gasteiger partial charge in [0.25, 0.3) is 0 Å². The summed E-state index contributed by atoms with van der Waals surface area (Å²) >= 11 is 2.28. The zero-order valence-corrected chi connectivity index (χ0v) is 14.2. The summed E-state index contributed by atoms with van der Waals surface area (Å²) < 4.78 is 1.19. The maximum absolute atomic E-state index is 12.0. The van der Waals surface area contributed by atoms with Crippen molar-refractivity contribution < 1.29 is 4.79 Å². The maximum Gasteiger partial charge on any atom is 0.238 e. The largest absolute Gasteiger partial charge is 0.325 e. The van der Waals surface area contributed by atoms with Crippen LogP contribution in [0.1, 0.15) is 32.3 Å². The highest BCUT2D eigenvalue weighted by atomic mass is 127. The molecule has 0 aliphatic rings. The van der Waals surface area contributed by atoms with E-state index in [9.17, 15) is 4.79 Å². The first-order valence-electron chi connectivity index (χ1n) is 6.85. The topological polar surface area (TPSA) is 32.3 Å². The van der Waals surface area contributed by atoms with Crippen LogP contribution in [0.3, 0.4) is 0 Å². The number of rotatable bonds is 7. The Hall–Kier alpha value is -0.620. The molecule has 0 aromatic heterocycles. The van der Waals surface area contributed by atoms with Gasteiger partial charge in [-0.3, -0.25) is 9.69 Å². The smallest absolute Gasteiger partial charge is 0.238 e. The Morgan fingerprint density at radius 2 is 2.11 bits per heavy atom. The zero-order chi connectivity index (χ0) is 14.3. The minimum atomic E-state index is 0.0715. The van der Waals surface area contributed by atoms with Gasteiger partial charge in [0.2, 0.25) is 5.91 Å². The fourth-order valence-corrected chi connectivity index (χ4v) is 2.54. The Morgan fingerprint density at radius 3 is 2.68 bits per heavy atom. The molecule has 0 fully saturated rings. The number of carbonyl (C=O) groups is 1. The number of hydrogen-bond donors (Lipinski definition) is 1. The molecular formula is C15H23IN2O. The predicted octanol–water partition coefficient (Wildman–Crippen LogP) is 3.66. The molecule has 0 saturated heterocycles. The molecule has 0 radical (unpaired) electrons. The van der Waals surface area contributed by atoms with Crippen LogP contribution in [0.5, 0.6) is 0 Å². The molecule has 0 bridgehead atoms. The van der Waals surface area contributed by atoms with Gasteiger partial charge in [-0.15, -0.1) is 0 Å². The molecule has 1 aromatic carbocycles. The summed E-state index contributed by atoms with van der Waals surface area (Å²) in [6.07, 6.45) is 2.30. The average molecular weight is 374 g/mol. The molecule has 4 heteroatoms. The lowest BCUT2D eigenvalue weighted by atomic mass is 10.2. The Morgan fingerprint density at radius 1 is 1.37 bits per heavy atom. The highest BCUT2D eigenvalue weighted by molar-refractivity contribution is 14.1. The molecule has 0 heterocycles. The first-order chi connectivity index (χ1) is 9.06. The van der Waals surface area contributed by atoms with Crippen LogP contribution in [0.25, 0.3) is 0 Å². The number of benzene rings is 1. The van der Waals surface area contributed by atoms with Crippen LogP contribution in [0.15, 0.2) is 18.2 Å². The van der Waals surface area contributed by atoms with Crippen molar-refractivity contribution in [3.05, 3.63) is 27.3 Å². The fourth-order valence-electron chi connectivity index (χ4n) is 1.89. The van der Waals surface area contributed by atoms with Crippen molar-refractivity contribution in [3.8, 4) is 0 Å². The first kappa shape index (κ1) is 16.4. The van der Waals surface area contributed by atoms with E-state index in [1.54, 1.807) is 0 Å². The molecular weight excluding hydrogens is 351 g/mol. The quantitative estimate of drug-likeness (QED) is 0.739. The molecule has 1 amide bonds. The van der Waals surface area contributed by atoms with Gasteiger partial charge in [-0.05, 0) is 72.8 Å². The van der Waals surface area contributed by atoms with Gasteiger partial charge in [0.1, 0.15) is 0 Å². The van der Waals surface area contributed by atoms with Crippen molar-refractivity contribution in [2.45, 2.75) is 33.6 Å². The van der Waals surface area contributed by atoms with E-state index in [0.29, 0.717) is 6.54 Å². The standard InChI is InChI=1S/C15H23IN2O/c1-4-6-9-18(5-2)11-15(19)17-14-8-7-13(16)10-12(14)3/h7-8,10H,4-6,9,11H2,1-3H3,(H,17,19). The number of carbonyl (C=O) groups excluding carboxylic acids is 1. The SMILES string of the molecule is CCCCN(CC)CC(=O)Nc1ccc(I)cc1C. The van der Waals surface area contributed by atoms with Gasteiger partial charge in [0.15, 0.2) is 0 Å². The first-order valence-corrected chi connectivity index (χ1v) is 7.93. The fraction of sp³-hybridized carbons (Fsp3) is 0.533. The molecule has 1 aromatic rings. The number of amides is 1. The summed E-state index contributed by atoms with van der Waals surface area (Å²) in [5.41, 5.74) is 2.02. The van der Waals surface area contributed by atoms with E-state index in [-0.39, 0.29) is 5.91 Å². The lowest BCUT2D eigenvalue weighted by molar-refractivity contribution is -0.117. The summed E-state index contributed by atoms with van der Waals surface area (Å²) in [7, 11) is 0. The monoisotopic (exact) mass is 374 g/mol. The van der Waals surface area contributed by atoms with E-state index < -0.39 is 0 Å². The van der Waals surface area contributed by atoms with Crippen molar-refractivity contribution in [3.63, 3.8) is 0 Å². The van der Waals surface area contributed by atoms with E-state index in [1.165, 1.54) is 3.57 Å². The van der Waals surface area contributed by atoms with Gasteiger partial charge in [-0.25, -0.2) is 0 Å². The second-order valence-corrected chi connectivity index (χ2v) is 5.98. The van der Waals surface area contributed by atoms with Crippen molar-refractivity contribution in [2.24, 2.45) is 0 Å². The average Bonchev–Trinajstić information content (AvgIpc) is 2.38. The van der Waals surface area contributed by atoms with Gasteiger partial charge in [-0.1, -0.05) is 20.3 Å². The molecule has 0 aliphatic carbocycles. The maximum atomic E-state index is 12.0. The highest BCUT2D eigenvalue weighted by Gasteiger charge is 2.09. The van der Waals surface area contributed by atoms with Crippen LogP contribution < -0.4 is 5.32 Å². The third kappa shape index (κ3) is 5.91. The van der Waals surface area contributed by atoms with Gasteiger partial charge in [0.05, 0.1) is 6.54 Å². The molecule has 0 spiro atoms. The molecule has 0 unspecified atom stereocenters. The van der Waals surface area contributed by atoms with E-state index in [2.05, 4.69) is 52.7 Å². The molecule has 0 atom stereocenters. The van der Waals surface area contributed by atoms with Crippen LogP contribution in [-0.2, 0) is 4.79 Å². The third-order valence-corrected chi connectivity index (χ3v) is 3.78. The summed E-state index contributed by atoms with van der Waals surface area (Å²) in [5, 5.41) is 2.99. The Bertz CT molecular complexity index is 421. The second-order valence-electron chi connectivity index (χ2n) is 4.73. The number of halogens is 1. The van der Waals surface area contributed by atoms with Crippen molar-refractivity contribution in [2.75, 3.05) is 25.0 Å². The normalized spacial score (nSPS) is 10.8. The minimum Gasteiger partial charge on any atom is -0.325 e. The molecule has 1 N–H and O–H groups in total. The molecule has 1 rings (SSSR count). The summed E-state index contributed by atoms with van der Waals surface area (Å²) in [6.45, 7) is 8.67. The van der Waals surface area contributed by atoms with Crippen molar-refractivity contribution in [1.82, 2.24) is 4.90 Å². The lowest BCUT2D eigenvalue weighted by Crippen LogP contribution is -2.34. The van der Waals surface area contributed by atoms with Crippen molar-refractivity contribution >= 4 is 34.2 Å². The van der Waals surface area contributed by atoms with E-state index in [1.807, 2.05) is 19.1 Å². The molecule has 0 aliphatic heterocycles. The van der Waals surface area contributed by atoms with E-state index in [0.717, 1.165) is 37.2 Å². The molecule has 0 saturated carbocycles. The Labute approximate surface area is 129 Å². The Kier molecular flexibility index (Phi) is 7.38. The minimum absolute atomic E-state index is 0.0715. The van der Waals surface area contributed by atoms with Crippen LogP contribution in [-0.4, -0.2) is 30.4 Å². The van der Waals surface area contributed by atoms with Gasteiger partial charge >= 0.3 is 0 Å². The van der Waals surface area contributed by atoms with Crippen molar-refractivity contribution in [1.29, 1.82) is 0 Å². The number of nitrogens with zero attached hydrogens (tertiary/aromatic N) is 1. The third-order valence-electron chi connectivity index (χ3n) is 3.10. The summed E-state index contributed by atoms with van der Waals surface area (Å²) in [4.78, 5) is 14.2. The molecule has 3 nitrogen and oxygen atoms in total. The zero-order valence-electron chi connectivity index (χ0n) is 12.0. The Balaban J connectivity index is 2.54. The van der Waals surface area contributed by atoms with Gasteiger partial charge in [-0.2, -0.15) is 0 Å². The predicted molar refractivity (Wildman–Crippen MR) is 89.5 cm³/mol. The highest BCUT2D eigenvalue weighted by Crippen LogP contribution is 2.17. The second kappa shape index (κ2) is 8.53. The lowest BCUT2D eigenvalue weighted by Gasteiger charge is -2.19. The number of anilines is 1. The van der Waals surface area contributed by atoms with Crippen LogP contribution >= 0.6 is 22.6 Å². The number of nitrogens with one attached hydrogen (secondary N) is 1. The molecule has 106 valence electrons. The van der Waals surface area contributed by atoms with Gasteiger partial charge < -0.3 is 5.32 Å².